The van der Waals surface area contributed by atoms with Crippen molar-refractivity contribution in [3.05, 3.63) is 129 Å². The lowest BCUT2D eigenvalue weighted by atomic mass is 9.72. The van der Waals surface area contributed by atoms with Gasteiger partial charge >= 0.3 is 0 Å². The summed E-state index contributed by atoms with van der Waals surface area (Å²) >= 11 is 0. The molecule has 0 unspecified atom stereocenters. The number of anilines is 2. The van der Waals surface area contributed by atoms with Gasteiger partial charge in [0.05, 0.1) is 0 Å². The normalized spacial score (nSPS) is 11.6. The van der Waals surface area contributed by atoms with E-state index in [4.69, 9.17) is 11.5 Å². The van der Waals surface area contributed by atoms with E-state index in [1.54, 1.807) is 0 Å². The predicted octanol–water partition coefficient (Wildman–Crippen LogP) is 9.32. The largest absolute Gasteiger partial charge is 0.399 e. The molecule has 4 aromatic carbocycles. The number of benzene rings is 4. The van der Waals surface area contributed by atoms with Gasteiger partial charge in [0.25, 0.3) is 0 Å². The molecule has 0 aliphatic rings. The van der Waals surface area contributed by atoms with Crippen LogP contribution in [0.1, 0.15) is 96.9 Å². The van der Waals surface area contributed by atoms with Crippen LogP contribution in [0.4, 0.5) is 11.4 Å². The van der Waals surface area contributed by atoms with Crippen LogP contribution in [0.2, 0.25) is 0 Å². The van der Waals surface area contributed by atoms with Crippen molar-refractivity contribution in [2.45, 2.75) is 84.5 Å². The van der Waals surface area contributed by atoms with Crippen LogP contribution in [0.3, 0.4) is 0 Å². The monoisotopic (exact) mass is 518 g/mol. The lowest BCUT2D eigenvalue weighted by molar-refractivity contribution is 0.474. The standard InChI is InChI=1S/C37H46N2/c1-5-6-7-8-9-22-37(4,33-16-10-29(11-17-33)25-31-14-20-35(38)23-27(31)2)34-18-12-30(13-19-34)26-32-15-21-36(39)24-28(32)3/h10-21,23-24H,5-9,22,25-26,38-39H2,1-4H3. The molecule has 0 bridgehead atoms. The van der Waals surface area contributed by atoms with E-state index < -0.39 is 0 Å². The zero-order chi connectivity index (χ0) is 27.8. The molecule has 0 spiro atoms. The van der Waals surface area contributed by atoms with Crippen molar-refractivity contribution in [1.82, 2.24) is 0 Å². The second-order valence-corrected chi connectivity index (χ2v) is 11.6. The van der Waals surface area contributed by atoms with E-state index in [2.05, 4.69) is 100 Å². The van der Waals surface area contributed by atoms with E-state index >= 15 is 0 Å². The van der Waals surface area contributed by atoms with Gasteiger partial charge in [-0.15, -0.1) is 0 Å². The van der Waals surface area contributed by atoms with Crippen molar-refractivity contribution < 1.29 is 0 Å². The fourth-order valence-corrected chi connectivity index (χ4v) is 5.79. The summed E-state index contributed by atoms with van der Waals surface area (Å²) in [5.41, 5.74) is 24.2. The maximum absolute atomic E-state index is 5.97. The van der Waals surface area contributed by atoms with Crippen LogP contribution in [0, 0.1) is 13.8 Å². The molecule has 0 atom stereocenters. The van der Waals surface area contributed by atoms with Crippen LogP contribution in [0.15, 0.2) is 84.9 Å². The molecule has 0 radical (unpaired) electrons. The molecule has 4 aromatic rings. The Balaban J connectivity index is 1.56. The fourth-order valence-electron chi connectivity index (χ4n) is 5.79. The van der Waals surface area contributed by atoms with Gasteiger partial charge in [0.2, 0.25) is 0 Å². The first kappa shape index (κ1) is 28.5. The second-order valence-electron chi connectivity index (χ2n) is 11.6. The number of aryl methyl sites for hydroxylation is 2. The Kier molecular flexibility index (Phi) is 9.51. The van der Waals surface area contributed by atoms with Gasteiger partial charge in [0.15, 0.2) is 0 Å². The first-order chi connectivity index (χ1) is 18.8. The van der Waals surface area contributed by atoms with Gasteiger partial charge in [0.1, 0.15) is 0 Å². The Morgan fingerprint density at radius 1 is 0.564 bits per heavy atom. The van der Waals surface area contributed by atoms with E-state index in [0.29, 0.717) is 0 Å². The van der Waals surface area contributed by atoms with Crippen LogP contribution < -0.4 is 11.5 Å². The molecular weight excluding hydrogens is 472 g/mol. The summed E-state index contributed by atoms with van der Waals surface area (Å²) in [5, 5.41) is 0. The third kappa shape index (κ3) is 7.32. The Bertz CT molecular complexity index is 1250. The third-order valence-electron chi connectivity index (χ3n) is 8.48. The predicted molar refractivity (Wildman–Crippen MR) is 170 cm³/mol. The Labute approximate surface area is 236 Å². The van der Waals surface area contributed by atoms with Crippen LogP contribution in [0.25, 0.3) is 0 Å². The van der Waals surface area contributed by atoms with Gasteiger partial charge in [-0.1, -0.05) is 107 Å². The molecule has 2 heteroatoms. The molecule has 0 aliphatic heterocycles. The number of hydrogen-bond acceptors (Lipinski definition) is 2. The van der Waals surface area contributed by atoms with E-state index in [9.17, 15) is 0 Å². The molecule has 0 saturated heterocycles. The van der Waals surface area contributed by atoms with E-state index in [0.717, 1.165) is 30.6 Å². The lowest BCUT2D eigenvalue weighted by Gasteiger charge is -2.32. The maximum atomic E-state index is 5.97. The van der Waals surface area contributed by atoms with Crippen molar-refractivity contribution in [3.8, 4) is 0 Å². The molecule has 0 fully saturated rings. The minimum Gasteiger partial charge on any atom is -0.399 e. The summed E-state index contributed by atoms with van der Waals surface area (Å²) in [4.78, 5) is 0. The summed E-state index contributed by atoms with van der Waals surface area (Å²) in [6.45, 7) is 9.01. The van der Waals surface area contributed by atoms with Crippen molar-refractivity contribution in [2.24, 2.45) is 0 Å². The summed E-state index contributed by atoms with van der Waals surface area (Å²) in [6.07, 6.45) is 9.49. The Hall–Kier alpha value is -3.52. The minimum absolute atomic E-state index is 0.0164. The summed E-state index contributed by atoms with van der Waals surface area (Å²) < 4.78 is 0. The number of unbranched alkanes of at least 4 members (excludes halogenated alkanes) is 4. The number of nitrogen functional groups attached to an aromatic ring is 2. The molecule has 0 amide bonds. The van der Waals surface area contributed by atoms with Gasteiger partial charge in [-0.05, 0) is 102 Å². The van der Waals surface area contributed by atoms with Crippen molar-refractivity contribution in [2.75, 3.05) is 11.5 Å². The molecule has 0 aliphatic carbocycles. The van der Waals surface area contributed by atoms with Crippen LogP contribution >= 0.6 is 0 Å². The maximum Gasteiger partial charge on any atom is 0.0316 e. The van der Waals surface area contributed by atoms with Gasteiger partial charge in [0, 0.05) is 16.8 Å². The van der Waals surface area contributed by atoms with Gasteiger partial charge in [-0.3, -0.25) is 0 Å². The van der Waals surface area contributed by atoms with Crippen molar-refractivity contribution in [3.63, 3.8) is 0 Å². The number of hydrogen-bond donors (Lipinski definition) is 2. The number of nitrogens with two attached hydrogens (primary N) is 2. The van der Waals surface area contributed by atoms with E-state index in [1.165, 1.54) is 76.6 Å². The molecule has 4 N–H and O–H groups in total. The van der Waals surface area contributed by atoms with Crippen LogP contribution in [-0.4, -0.2) is 0 Å². The summed E-state index contributed by atoms with van der Waals surface area (Å²) in [7, 11) is 0. The zero-order valence-corrected chi connectivity index (χ0v) is 24.4. The average Bonchev–Trinajstić information content (AvgIpc) is 2.92. The molecule has 204 valence electrons. The molecular formula is C37H46N2. The Morgan fingerprint density at radius 2 is 1.00 bits per heavy atom. The van der Waals surface area contributed by atoms with Crippen LogP contribution in [-0.2, 0) is 18.3 Å². The summed E-state index contributed by atoms with van der Waals surface area (Å²) in [5.74, 6) is 0. The highest BCUT2D eigenvalue weighted by Crippen LogP contribution is 2.38. The van der Waals surface area contributed by atoms with E-state index in [1.807, 2.05) is 12.1 Å². The first-order valence-electron chi connectivity index (χ1n) is 14.7. The average molecular weight is 519 g/mol. The molecule has 2 nitrogen and oxygen atoms in total. The highest BCUT2D eigenvalue weighted by Gasteiger charge is 2.28. The smallest absolute Gasteiger partial charge is 0.0316 e. The van der Waals surface area contributed by atoms with Gasteiger partial charge in [-0.2, -0.15) is 0 Å². The van der Waals surface area contributed by atoms with Gasteiger partial charge < -0.3 is 11.5 Å². The van der Waals surface area contributed by atoms with Crippen molar-refractivity contribution >= 4 is 11.4 Å². The molecule has 0 heterocycles. The van der Waals surface area contributed by atoms with Crippen molar-refractivity contribution in [1.29, 1.82) is 0 Å². The quantitative estimate of drug-likeness (QED) is 0.145. The first-order valence-corrected chi connectivity index (χ1v) is 14.7. The fraction of sp³-hybridized carbons (Fsp3) is 0.351. The highest BCUT2D eigenvalue weighted by molar-refractivity contribution is 5.48. The molecule has 0 aromatic heterocycles. The van der Waals surface area contributed by atoms with Gasteiger partial charge in [-0.25, -0.2) is 0 Å². The third-order valence-corrected chi connectivity index (χ3v) is 8.48. The minimum atomic E-state index is -0.0164. The SMILES string of the molecule is CCCCCCCC(C)(c1ccc(Cc2ccc(N)cc2C)cc1)c1ccc(Cc2ccc(N)cc2C)cc1. The highest BCUT2D eigenvalue weighted by atomic mass is 14.5. The number of rotatable bonds is 12. The molecule has 4 rings (SSSR count). The van der Waals surface area contributed by atoms with Crippen LogP contribution in [0.5, 0.6) is 0 Å². The molecule has 0 saturated carbocycles. The molecule has 39 heavy (non-hydrogen) atoms. The summed E-state index contributed by atoms with van der Waals surface area (Å²) in [6, 6.07) is 31.2. The van der Waals surface area contributed by atoms with E-state index in [-0.39, 0.29) is 5.41 Å². The second kappa shape index (κ2) is 13.0. The zero-order valence-electron chi connectivity index (χ0n) is 24.4. The lowest BCUT2D eigenvalue weighted by Crippen LogP contribution is -2.24. The Morgan fingerprint density at radius 3 is 1.41 bits per heavy atom. The topological polar surface area (TPSA) is 52.0 Å².